The van der Waals surface area contributed by atoms with Gasteiger partial charge in [-0.3, -0.25) is 9.36 Å². The molecule has 2 heterocycles. The van der Waals surface area contributed by atoms with Gasteiger partial charge in [-0.2, -0.15) is 0 Å². The van der Waals surface area contributed by atoms with E-state index in [9.17, 15) is 9.90 Å². The van der Waals surface area contributed by atoms with Crippen molar-refractivity contribution in [3.05, 3.63) is 63.4 Å². The molecule has 1 aromatic carbocycles. The zero-order valence-electron chi connectivity index (χ0n) is 12.3. The second-order valence-corrected chi connectivity index (χ2v) is 5.60. The van der Waals surface area contributed by atoms with Crippen molar-refractivity contribution in [3.8, 4) is 0 Å². The van der Waals surface area contributed by atoms with E-state index in [0.717, 1.165) is 5.56 Å². The Morgan fingerprint density at radius 1 is 1.22 bits per heavy atom. The van der Waals surface area contributed by atoms with Crippen LogP contribution in [0.25, 0.3) is 11.2 Å². The van der Waals surface area contributed by atoms with Crippen LogP contribution in [-0.4, -0.2) is 31.2 Å². The third kappa shape index (κ3) is 3.20. The fourth-order valence-electron chi connectivity index (χ4n) is 2.64. The minimum Gasteiger partial charge on any atom is -0.396 e. The summed E-state index contributed by atoms with van der Waals surface area (Å²) in [6, 6.07) is 9.56. The highest BCUT2D eigenvalue weighted by Gasteiger charge is 2.17. The van der Waals surface area contributed by atoms with Crippen LogP contribution in [0.2, 0.25) is 0 Å². The Kier molecular flexibility index (Phi) is 4.59. The predicted octanol–water partition coefficient (Wildman–Crippen LogP) is 2.02. The molecular formula is C16H16N4O2S. The molecule has 118 valence electrons. The molecule has 7 heteroatoms. The van der Waals surface area contributed by atoms with Gasteiger partial charge in [0.25, 0.3) is 5.56 Å². The van der Waals surface area contributed by atoms with Crippen LogP contribution in [0.1, 0.15) is 18.0 Å². The first-order chi connectivity index (χ1) is 11.2. The molecule has 6 nitrogen and oxygen atoms in total. The van der Waals surface area contributed by atoms with Gasteiger partial charge in [0.05, 0.1) is 0 Å². The Morgan fingerprint density at radius 3 is 2.70 bits per heavy atom. The van der Waals surface area contributed by atoms with Crippen LogP contribution >= 0.6 is 12.2 Å². The Morgan fingerprint density at radius 2 is 1.96 bits per heavy atom. The zero-order valence-corrected chi connectivity index (χ0v) is 13.2. The van der Waals surface area contributed by atoms with Crippen molar-refractivity contribution in [1.29, 1.82) is 0 Å². The van der Waals surface area contributed by atoms with Gasteiger partial charge in [0.2, 0.25) is 0 Å². The first-order valence-electron chi connectivity index (χ1n) is 7.31. The molecule has 0 fully saturated rings. The molecule has 2 N–H and O–H groups in total. The summed E-state index contributed by atoms with van der Waals surface area (Å²) < 4.78 is 1.78. The number of hydrogen-bond donors (Lipinski definition) is 2. The maximum absolute atomic E-state index is 12.7. The molecule has 0 saturated carbocycles. The number of aromatic nitrogens is 4. The number of nitrogens with zero attached hydrogens (tertiary/aromatic N) is 3. The first kappa shape index (κ1) is 15.5. The van der Waals surface area contributed by atoms with Gasteiger partial charge < -0.3 is 10.1 Å². The summed E-state index contributed by atoms with van der Waals surface area (Å²) >= 11 is 5.33. The van der Waals surface area contributed by atoms with Gasteiger partial charge in [-0.05, 0) is 30.6 Å². The lowest BCUT2D eigenvalue weighted by molar-refractivity contribution is 0.253. The average Bonchev–Trinajstić information content (AvgIpc) is 2.56. The largest absolute Gasteiger partial charge is 0.396 e. The van der Waals surface area contributed by atoms with Gasteiger partial charge in [0.1, 0.15) is 0 Å². The molecule has 0 radical (unpaired) electrons. The van der Waals surface area contributed by atoms with Crippen molar-refractivity contribution in [2.75, 3.05) is 6.61 Å². The summed E-state index contributed by atoms with van der Waals surface area (Å²) in [7, 11) is 0. The van der Waals surface area contributed by atoms with E-state index in [1.807, 2.05) is 30.3 Å². The summed E-state index contributed by atoms with van der Waals surface area (Å²) in [6.07, 6.45) is 4.01. The minimum atomic E-state index is -0.286. The topological polar surface area (TPSA) is 83.8 Å². The van der Waals surface area contributed by atoms with Crippen LogP contribution in [0.3, 0.4) is 0 Å². The third-order valence-corrected chi connectivity index (χ3v) is 4.00. The van der Waals surface area contributed by atoms with Crippen molar-refractivity contribution in [2.45, 2.75) is 18.9 Å². The number of hydrogen-bond acceptors (Lipinski definition) is 5. The summed E-state index contributed by atoms with van der Waals surface area (Å²) in [4.78, 5) is 23.9. The molecule has 1 atom stereocenters. The van der Waals surface area contributed by atoms with Crippen LogP contribution in [0, 0.1) is 4.77 Å². The highest BCUT2D eigenvalue weighted by Crippen LogP contribution is 2.17. The number of H-pyrrole nitrogens is 1. The first-order valence-corrected chi connectivity index (χ1v) is 7.72. The molecule has 0 amide bonds. The number of nitrogens with one attached hydrogen (secondary N) is 1. The Balaban J connectivity index is 2.11. The lowest BCUT2D eigenvalue weighted by Gasteiger charge is -2.19. The second-order valence-electron chi connectivity index (χ2n) is 5.21. The number of aliphatic hydroxyl groups excluding tert-OH is 1. The van der Waals surface area contributed by atoms with Crippen LogP contribution in [-0.2, 0) is 6.42 Å². The van der Waals surface area contributed by atoms with Crippen LogP contribution in [0.5, 0.6) is 0 Å². The van der Waals surface area contributed by atoms with Crippen molar-refractivity contribution < 1.29 is 5.11 Å². The Labute approximate surface area is 137 Å². The van der Waals surface area contributed by atoms with Crippen LogP contribution in [0.15, 0.2) is 47.5 Å². The molecule has 0 bridgehead atoms. The molecule has 3 rings (SSSR count). The van der Waals surface area contributed by atoms with Gasteiger partial charge in [0, 0.05) is 25.0 Å². The fourth-order valence-corrected chi connectivity index (χ4v) is 2.97. The molecule has 0 aliphatic rings. The summed E-state index contributed by atoms with van der Waals surface area (Å²) in [5.74, 6) is 0. The number of aliphatic hydroxyl groups is 1. The van der Waals surface area contributed by atoms with E-state index in [1.54, 1.807) is 0 Å². The molecule has 1 unspecified atom stereocenters. The van der Waals surface area contributed by atoms with Crippen molar-refractivity contribution in [1.82, 2.24) is 19.5 Å². The van der Waals surface area contributed by atoms with Gasteiger partial charge >= 0.3 is 0 Å². The average molecular weight is 328 g/mol. The van der Waals surface area contributed by atoms with E-state index in [2.05, 4.69) is 15.0 Å². The molecule has 23 heavy (non-hydrogen) atoms. The molecular weight excluding hydrogens is 312 g/mol. The molecule has 2 aromatic heterocycles. The maximum atomic E-state index is 12.7. The summed E-state index contributed by atoms with van der Waals surface area (Å²) in [5, 5.41) is 9.38. The van der Waals surface area contributed by atoms with E-state index in [-0.39, 0.29) is 28.5 Å². The standard InChI is InChI=1S/C16H16N4O2S/c21-9-6-12(10-11-4-2-1-3-5-11)20-15(22)13-14(19-16(20)23)18-8-7-17-13/h1-5,7-8,12,21H,6,9-10H2,(H,18,19,23). The SMILES string of the molecule is O=c1c2nccnc2[nH]c(=S)n1C(CCO)Cc1ccccc1. The molecule has 0 saturated heterocycles. The number of rotatable bonds is 5. The molecule has 0 aliphatic heterocycles. The van der Waals surface area contributed by atoms with E-state index in [0.29, 0.717) is 18.5 Å². The monoisotopic (exact) mass is 328 g/mol. The van der Waals surface area contributed by atoms with E-state index < -0.39 is 0 Å². The highest BCUT2D eigenvalue weighted by molar-refractivity contribution is 7.71. The van der Waals surface area contributed by atoms with Gasteiger partial charge in [0.15, 0.2) is 15.9 Å². The normalized spacial score (nSPS) is 12.4. The van der Waals surface area contributed by atoms with E-state index in [1.165, 1.54) is 17.0 Å². The van der Waals surface area contributed by atoms with E-state index >= 15 is 0 Å². The lowest BCUT2D eigenvalue weighted by Crippen LogP contribution is -2.29. The predicted molar refractivity (Wildman–Crippen MR) is 89.9 cm³/mol. The van der Waals surface area contributed by atoms with Crippen molar-refractivity contribution in [3.63, 3.8) is 0 Å². The number of benzene rings is 1. The second kappa shape index (κ2) is 6.80. The van der Waals surface area contributed by atoms with E-state index in [4.69, 9.17) is 12.2 Å². The lowest BCUT2D eigenvalue weighted by atomic mass is 10.0. The minimum absolute atomic E-state index is 0.0305. The summed E-state index contributed by atoms with van der Waals surface area (Å²) in [6.45, 7) is -0.0305. The van der Waals surface area contributed by atoms with Crippen LogP contribution in [0.4, 0.5) is 0 Å². The van der Waals surface area contributed by atoms with Gasteiger partial charge in [-0.1, -0.05) is 30.3 Å². The summed E-state index contributed by atoms with van der Waals surface area (Å²) in [5.41, 5.74) is 1.41. The third-order valence-electron chi connectivity index (χ3n) is 3.71. The smallest absolute Gasteiger partial charge is 0.282 e. The molecule has 3 aromatic rings. The van der Waals surface area contributed by atoms with Crippen molar-refractivity contribution in [2.24, 2.45) is 0 Å². The highest BCUT2D eigenvalue weighted by atomic mass is 32.1. The Bertz CT molecular complexity index is 921. The van der Waals surface area contributed by atoms with Gasteiger partial charge in [-0.15, -0.1) is 0 Å². The fraction of sp³-hybridized carbons (Fsp3) is 0.250. The number of fused-ring (bicyclic) bond motifs is 1. The van der Waals surface area contributed by atoms with Gasteiger partial charge in [-0.25, -0.2) is 9.97 Å². The Hall–Kier alpha value is -2.38. The molecule has 0 aliphatic carbocycles. The quantitative estimate of drug-likeness (QED) is 0.700. The van der Waals surface area contributed by atoms with Crippen molar-refractivity contribution >= 4 is 23.4 Å². The van der Waals surface area contributed by atoms with Crippen LogP contribution < -0.4 is 5.56 Å². The maximum Gasteiger partial charge on any atom is 0.282 e. The molecule has 0 spiro atoms. The zero-order chi connectivity index (χ0) is 16.2. The number of aromatic amines is 1.